The molecule has 0 aliphatic carbocycles. The molecular weight excluding hydrogens is 516 g/mol. The van der Waals surface area contributed by atoms with Crippen molar-refractivity contribution >= 4 is 34.0 Å². The summed E-state index contributed by atoms with van der Waals surface area (Å²) in [5.74, 6) is -2.69. The monoisotopic (exact) mass is 546 g/mol. The summed E-state index contributed by atoms with van der Waals surface area (Å²) < 4.78 is 60.9. The second-order valence-corrected chi connectivity index (χ2v) is 9.73. The van der Waals surface area contributed by atoms with Crippen LogP contribution in [0.4, 0.5) is 0 Å². The Morgan fingerprint density at radius 2 is 1.41 bits per heavy atom. The highest BCUT2D eigenvalue weighted by molar-refractivity contribution is 7.85. The van der Waals surface area contributed by atoms with Gasteiger partial charge in [-0.15, -0.1) is 0 Å². The van der Waals surface area contributed by atoms with Gasteiger partial charge < -0.3 is 28.4 Å². The predicted octanol–water partition coefficient (Wildman–Crippen LogP) is 1.01. The van der Waals surface area contributed by atoms with E-state index in [1.54, 1.807) is 18.2 Å². The second kappa shape index (κ2) is 13.4. The molecule has 2 rings (SSSR count). The minimum absolute atomic E-state index is 0.000773. The zero-order valence-electron chi connectivity index (χ0n) is 21.0. The van der Waals surface area contributed by atoms with Crippen LogP contribution in [-0.4, -0.2) is 75.9 Å². The van der Waals surface area contributed by atoms with E-state index < -0.39 is 64.7 Å². The van der Waals surface area contributed by atoms with E-state index in [1.807, 2.05) is 0 Å². The third-order valence-corrected chi connectivity index (χ3v) is 5.40. The van der Waals surface area contributed by atoms with Gasteiger partial charge in [-0.05, 0) is 6.07 Å². The Kier molecular flexibility index (Phi) is 10.8. The molecule has 0 radical (unpaired) electrons. The van der Waals surface area contributed by atoms with Crippen LogP contribution in [0.25, 0.3) is 0 Å². The van der Waals surface area contributed by atoms with Crippen LogP contribution in [0.2, 0.25) is 0 Å². The first-order chi connectivity index (χ1) is 17.3. The minimum atomic E-state index is -3.77. The van der Waals surface area contributed by atoms with E-state index in [1.165, 1.54) is 13.0 Å². The molecule has 0 saturated carbocycles. The van der Waals surface area contributed by atoms with Crippen LogP contribution in [-0.2, 0) is 63.8 Å². The number of hydrogen-bond donors (Lipinski definition) is 0. The van der Waals surface area contributed by atoms with Crippen molar-refractivity contribution in [2.75, 3.05) is 12.9 Å². The fourth-order valence-electron chi connectivity index (χ4n) is 3.53. The molecule has 0 aromatic heterocycles. The van der Waals surface area contributed by atoms with Crippen molar-refractivity contribution in [2.24, 2.45) is 0 Å². The lowest BCUT2D eigenvalue weighted by Gasteiger charge is -2.44. The van der Waals surface area contributed by atoms with E-state index in [0.717, 1.165) is 27.0 Å². The summed E-state index contributed by atoms with van der Waals surface area (Å²) >= 11 is 0. The molecule has 37 heavy (non-hydrogen) atoms. The van der Waals surface area contributed by atoms with Gasteiger partial charge in [0.1, 0.15) is 11.9 Å². The van der Waals surface area contributed by atoms with Gasteiger partial charge in [0.2, 0.25) is 12.4 Å². The van der Waals surface area contributed by atoms with Crippen LogP contribution in [0, 0.1) is 0 Å². The number of carbonyl (C=O) groups excluding carboxylic acids is 4. The van der Waals surface area contributed by atoms with Crippen molar-refractivity contribution in [3.63, 3.8) is 0 Å². The maximum absolute atomic E-state index is 12.0. The first-order valence-electron chi connectivity index (χ1n) is 11.2. The smallest absolute Gasteiger partial charge is 0.303 e. The Labute approximate surface area is 214 Å². The van der Waals surface area contributed by atoms with Gasteiger partial charge in [-0.2, -0.15) is 8.42 Å². The number of rotatable bonds is 11. The summed E-state index contributed by atoms with van der Waals surface area (Å²) in [6, 6.07) is 6.28. The summed E-state index contributed by atoms with van der Waals surface area (Å²) in [7, 11) is -3.77. The summed E-state index contributed by atoms with van der Waals surface area (Å²) in [6.45, 7) is 4.09. The number of carbonyl (C=O) groups is 4. The molecule has 0 amide bonds. The lowest BCUT2D eigenvalue weighted by Crippen LogP contribution is -2.62. The van der Waals surface area contributed by atoms with E-state index >= 15 is 0 Å². The van der Waals surface area contributed by atoms with Gasteiger partial charge in [0.15, 0.2) is 12.2 Å². The number of ether oxygens (including phenoxy) is 6. The number of para-hydroxylation sites is 1. The topological polar surface area (TPSA) is 167 Å². The van der Waals surface area contributed by atoms with Crippen molar-refractivity contribution in [1.29, 1.82) is 0 Å². The molecule has 1 saturated heterocycles. The molecule has 1 aromatic carbocycles. The third-order valence-electron chi connectivity index (χ3n) is 4.85. The van der Waals surface area contributed by atoms with Crippen LogP contribution in [0.15, 0.2) is 24.3 Å². The molecule has 0 unspecified atom stereocenters. The Hall–Kier alpha value is -3.23. The summed E-state index contributed by atoms with van der Waals surface area (Å²) in [6.07, 6.45) is -5.55. The average Bonchev–Trinajstić information content (AvgIpc) is 2.76. The van der Waals surface area contributed by atoms with Gasteiger partial charge in [-0.25, -0.2) is 0 Å². The fourth-order valence-corrected chi connectivity index (χ4v) is 3.88. The van der Waals surface area contributed by atoms with Gasteiger partial charge in [-0.3, -0.25) is 23.4 Å². The van der Waals surface area contributed by atoms with Crippen molar-refractivity contribution < 1.29 is 60.2 Å². The van der Waals surface area contributed by atoms with Gasteiger partial charge in [0.25, 0.3) is 10.1 Å². The molecule has 0 bridgehead atoms. The molecule has 14 heteroatoms. The van der Waals surface area contributed by atoms with Gasteiger partial charge in [0.05, 0.1) is 19.5 Å². The van der Waals surface area contributed by atoms with Crippen molar-refractivity contribution in [1.82, 2.24) is 0 Å². The van der Waals surface area contributed by atoms with Crippen LogP contribution in [0.1, 0.15) is 39.7 Å². The lowest BCUT2D eigenvalue weighted by atomic mass is 9.96. The second-order valence-electron chi connectivity index (χ2n) is 8.09. The molecule has 1 fully saturated rings. The maximum Gasteiger partial charge on any atom is 0.303 e. The van der Waals surface area contributed by atoms with Crippen molar-refractivity contribution in [2.45, 2.75) is 71.4 Å². The number of benzene rings is 1. The molecule has 5 atom stereocenters. The zero-order valence-corrected chi connectivity index (χ0v) is 21.8. The quantitative estimate of drug-likeness (QED) is 0.219. The molecule has 1 aliphatic heterocycles. The molecule has 206 valence electrons. The first kappa shape index (κ1) is 30.0. The summed E-state index contributed by atoms with van der Waals surface area (Å²) in [5, 5.41) is 0. The first-order valence-corrected chi connectivity index (χ1v) is 13.0. The summed E-state index contributed by atoms with van der Waals surface area (Å²) in [4.78, 5) is 47.0. The fraction of sp³-hybridized carbons (Fsp3) is 0.565. The molecule has 1 aromatic rings. The molecule has 0 N–H and O–H groups in total. The molecule has 13 nitrogen and oxygen atoms in total. The summed E-state index contributed by atoms with van der Waals surface area (Å²) in [5.41, 5.74) is 0.320. The van der Waals surface area contributed by atoms with Crippen LogP contribution in [0.5, 0.6) is 5.75 Å². The largest absolute Gasteiger partial charge is 0.466 e. The van der Waals surface area contributed by atoms with Crippen LogP contribution < -0.4 is 4.74 Å². The van der Waals surface area contributed by atoms with E-state index in [0.29, 0.717) is 5.56 Å². The molecular formula is C23H30O13S. The average molecular weight is 547 g/mol. The van der Waals surface area contributed by atoms with Crippen molar-refractivity contribution in [3.8, 4) is 5.75 Å². The Balaban J connectivity index is 2.47. The van der Waals surface area contributed by atoms with E-state index in [2.05, 4.69) is 0 Å². The maximum atomic E-state index is 12.0. The Bertz CT molecular complexity index is 1080. The zero-order chi connectivity index (χ0) is 27.8. The van der Waals surface area contributed by atoms with Crippen LogP contribution in [0.3, 0.4) is 0 Å². The van der Waals surface area contributed by atoms with E-state index in [4.69, 9.17) is 32.6 Å². The van der Waals surface area contributed by atoms with E-state index in [-0.39, 0.29) is 25.4 Å². The number of esters is 4. The SMILES string of the molecule is CC(=O)OCC[C@H]1O[C@@H](Oc2ccccc2COS(C)(=O)=O)[C@H](OC(C)=O)[C@@H](OC(C)=O)[C@H]1OC(C)=O. The lowest BCUT2D eigenvalue weighted by molar-refractivity contribution is -0.285. The van der Waals surface area contributed by atoms with Crippen LogP contribution >= 0.6 is 0 Å². The predicted molar refractivity (Wildman–Crippen MR) is 123 cm³/mol. The molecule has 1 heterocycles. The van der Waals surface area contributed by atoms with E-state index in [9.17, 15) is 27.6 Å². The Morgan fingerprint density at radius 1 is 0.838 bits per heavy atom. The Morgan fingerprint density at radius 3 is 1.97 bits per heavy atom. The highest BCUT2D eigenvalue weighted by atomic mass is 32.2. The number of hydrogen-bond acceptors (Lipinski definition) is 13. The third kappa shape index (κ3) is 9.98. The van der Waals surface area contributed by atoms with Gasteiger partial charge in [-0.1, -0.05) is 18.2 Å². The van der Waals surface area contributed by atoms with Crippen molar-refractivity contribution in [3.05, 3.63) is 29.8 Å². The molecule has 0 spiro atoms. The highest BCUT2D eigenvalue weighted by Crippen LogP contribution is 2.33. The minimum Gasteiger partial charge on any atom is -0.466 e. The van der Waals surface area contributed by atoms with Gasteiger partial charge in [0, 0.05) is 39.7 Å². The standard InChI is InChI=1S/C23H30O13S/c1-13(24)30-11-10-19-20(32-14(2)25)21(33-15(3)26)22(34-16(4)27)23(36-19)35-18-9-7-6-8-17(18)12-31-37(5,28)29/h6-9,19-23H,10-12H2,1-5H3/t19-,20+,21+,22-,23-/m1/s1. The molecule has 1 aliphatic rings. The normalized spacial score (nSPS) is 23.4. The van der Waals surface area contributed by atoms with Gasteiger partial charge >= 0.3 is 23.9 Å². The highest BCUT2D eigenvalue weighted by Gasteiger charge is 2.53.